The first-order valence-electron chi connectivity index (χ1n) is 15.7. The molecule has 2 saturated carbocycles. The number of hydrogen-bond acceptors (Lipinski definition) is 6. The molecule has 0 aromatic rings. The Kier molecular flexibility index (Phi) is 16.5. The number of carbonyl (C=O) groups is 2. The summed E-state index contributed by atoms with van der Waals surface area (Å²) in [5.74, 6) is -1.82. The third-order valence-corrected chi connectivity index (χ3v) is 8.73. The number of rotatable bonds is 7. The van der Waals surface area contributed by atoms with E-state index in [0.29, 0.717) is 0 Å². The molecule has 222 valence electrons. The lowest BCUT2D eigenvalue weighted by Gasteiger charge is -2.41. The van der Waals surface area contributed by atoms with Crippen molar-refractivity contribution in [1.29, 1.82) is 0 Å². The van der Waals surface area contributed by atoms with E-state index in [-0.39, 0.29) is 12.1 Å². The van der Waals surface area contributed by atoms with Crippen molar-refractivity contribution >= 4 is 11.8 Å². The fourth-order valence-corrected chi connectivity index (χ4v) is 6.34. The summed E-state index contributed by atoms with van der Waals surface area (Å²) in [4.78, 5) is 27.2. The summed E-state index contributed by atoms with van der Waals surface area (Å²) in [5.41, 5.74) is 5.07. The van der Waals surface area contributed by atoms with Gasteiger partial charge in [0.2, 0.25) is 5.91 Å². The van der Waals surface area contributed by atoms with E-state index >= 15 is 0 Å². The smallest absolute Gasteiger partial charge is 0.254 e. The van der Waals surface area contributed by atoms with Crippen LogP contribution < -0.4 is 5.73 Å². The van der Waals surface area contributed by atoms with E-state index in [4.69, 9.17) is 5.73 Å². The Morgan fingerprint density at radius 1 is 0.500 bits per heavy atom. The van der Waals surface area contributed by atoms with Crippen LogP contribution >= 0.6 is 0 Å². The maximum Gasteiger partial charge on any atom is 0.254 e. The van der Waals surface area contributed by atoms with Gasteiger partial charge < -0.3 is 31.1 Å². The van der Waals surface area contributed by atoms with Crippen LogP contribution in [0.2, 0.25) is 0 Å². The van der Waals surface area contributed by atoms with Crippen LogP contribution in [-0.4, -0.2) is 73.6 Å². The summed E-state index contributed by atoms with van der Waals surface area (Å²) in [5, 5.41) is 41.7. The van der Waals surface area contributed by atoms with Gasteiger partial charge in [-0.15, -0.1) is 0 Å². The van der Waals surface area contributed by atoms with Crippen molar-refractivity contribution in [2.75, 3.05) is 0 Å². The number of aliphatic hydroxyl groups excluding tert-OH is 4. The minimum absolute atomic E-state index is 0.0418. The summed E-state index contributed by atoms with van der Waals surface area (Å²) in [6.07, 6.45) is 16.3. The monoisotopic (exact) mass is 540 g/mol. The van der Waals surface area contributed by atoms with E-state index in [1.165, 1.54) is 64.2 Å². The van der Waals surface area contributed by atoms with Crippen LogP contribution in [0.25, 0.3) is 0 Å². The molecule has 0 heterocycles. The molecule has 0 aromatic heterocycles. The summed E-state index contributed by atoms with van der Waals surface area (Å²) in [7, 11) is 0. The van der Waals surface area contributed by atoms with E-state index < -0.39 is 36.2 Å². The molecule has 2 fully saturated rings. The van der Waals surface area contributed by atoms with Crippen molar-refractivity contribution in [3.63, 3.8) is 0 Å². The number of aliphatic hydroxyl groups is 4. The Balaban J connectivity index is 2.29. The first-order chi connectivity index (χ1) is 18.3. The molecule has 2 aliphatic carbocycles. The number of nitrogens with two attached hydrogens (primary N) is 1. The molecular formula is C30H56N2O6. The average molecular weight is 541 g/mol. The lowest BCUT2D eigenvalue weighted by Crippen LogP contribution is -2.58. The van der Waals surface area contributed by atoms with Gasteiger partial charge in [0.25, 0.3) is 5.91 Å². The maximum absolute atomic E-state index is 13.9. The molecule has 0 aliphatic heterocycles. The molecule has 8 nitrogen and oxygen atoms in total. The van der Waals surface area contributed by atoms with Crippen molar-refractivity contribution in [3.8, 4) is 0 Å². The largest absolute Gasteiger partial charge is 0.387 e. The SMILES string of the molecule is NC(=O)[C@@H](O)[C@@H](O)[C@H](O)[C@@H](O)C(=O)N(C1CCCCCCCCCCC1)C1CCCCCCCCCCC1. The molecule has 0 radical (unpaired) electrons. The van der Waals surface area contributed by atoms with Gasteiger partial charge in [-0.25, -0.2) is 0 Å². The molecule has 0 saturated heterocycles. The molecule has 2 rings (SSSR count). The van der Waals surface area contributed by atoms with Crippen molar-refractivity contribution in [2.45, 2.75) is 178 Å². The van der Waals surface area contributed by atoms with Crippen LogP contribution in [0.15, 0.2) is 0 Å². The van der Waals surface area contributed by atoms with Crippen LogP contribution in [0.4, 0.5) is 0 Å². The molecule has 0 unspecified atom stereocenters. The molecule has 38 heavy (non-hydrogen) atoms. The molecule has 8 heteroatoms. The number of nitrogens with zero attached hydrogens (tertiary/aromatic N) is 1. The average Bonchev–Trinajstić information content (AvgIpc) is 2.89. The summed E-state index contributed by atoms with van der Waals surface area (Å²) >= 11 is 0. The topological polar surface area (TPSA) is 144 Å². The van der Waals surface area contributed by atoms with E-state index in [2.05, 4.69) is 0 Å². The van der Waals surface area contributed by atoms with Gasteiger partial charge in [-0.2, -0.15) is 0 Å². The number of carbonyl (C=O) groups excluding carboxylic acids is 2. The lowest BCUT2D eigenvalue weighted by molar-refractivity contribution is -0.165. The highest BCUT2D eigenvalue weighted by atomic mass is 16.4. The first kappa shape index (κ1) is 33.0. The van der Waals surface area contributed by atoms with Gasteiger partial charge in [-0.1, -0.05) is 116 Å². The molecule has 4 atom stereocenters. The summed E-state index contributed by atoms with van der Waals surface area (Å²) in [6, 6.07) is -0.0835. The van der Waals surface area contributed by atoms with Crippen molar-refractivity contribution < 1.29 is 30.0 Å². The quantitative estimate of drug-likeness (QED) is 0.329. The van der Waals surface area contributed by atoms with Crippen LogP contribution in [0.1, 0.15) is 141 Å². The first-order valence-corrected chi connectivity index (χ1v) is 15.7. The van der Waals surface area contributed by atoms with Crippen LogP contribution in [-0.2, 0) is 9.59 Å². The second-order valence-corrected chi connectivity index (χ2v) is 11.8. The van der Waals surface area contributed by atoms with Crippen LogP contribution in [0.5, 0.6) is 0 Å². The Morgan fingerprint density at radius 2 is 0.763 bits per heavy atom. The van der Waals surface area contributed by atoms with Crippen LogP contribution in [0.3, 0.4) is 0 Å². The molecule has 0 bridgehead atoms. The van der Waals surface area contributed by atoms with Gasteiger partial charge in [-0.3, -0.25) is 9.59 Å². The highest BCUT2D eigenvalue weighted by molar-refractivity contribution is 5.83. The Labute approximate surface area is 230 Å². The highest BCUT2D eigenvalue weighted by Crippen LogP contribution is 2.29. The van der Waals surface area contributed by atoms with Gasteiger partial charge >= 0.3 is 0 Å². The standard InChI is InChI=1S/C30H56N2O6/c31-29(37)27(35)25(33)26(34)28(36)30(38)32(23-19-15-11-7-3-1-4-8-12-16-20-23)24-21-17-13-9-5-2-6-10-14-18-22-24/h23-28,33-36H,1-22H2,(H2,31,37)/t25-,26-,27-,28+/m0/s1. The van der Waals surface area contributed by atoms with Gasteiger partial charge in [0.1, 0.15) is 12.2 Å². The normalized spacial score (nSPS) is 24.3. The van der Waals surface area contributed by atoms with Gasteiger partial charge in [0.15, 0.2) is 12.2 Å². The zero-order valence-corrected chi connectivity index (χ0v) is 23.7. The van der Waals surface area contributed by atoms with Crippen molar-refractivity contribution in [3.05, 3.63) is 0 Å². The molecular weight excluding hydrogens is 484 g/mol. The van der Waals surface area contributed by atoms with Gasteiger partial charge in [0, 0.05) is 12.1 Å². The number of amides is 2. The van der Waals surface area contributed by atoms with Gasteiger partial charge in [-0.05, 0) is 25.7 Å². The Morgan fingerprint density at radius 3 is 1.05 bits per heavy atom. The van der Waals surface area contributed by atoms with Gasteiger partial charge in [0.05, 0.1) is 0 Å². The van der Waals surface area contributed by atoms with Crippen molar-refractivity contribution in [2.24, 2.45) is 5.73 Å². The predicted molar refractivity (Wildman–Crippen MR) is 149 cm³/mol. The third-order valence-electron chi connectivity index (χ3n) is 8.73. The molecule has 2 amide bonds. The molecule has 0 aromatic carbocycles. The minimum atomic E-state index is -2.07. The zero-order chi connectivity index (χ0) is 27.8. The molecule has 6 N–H and O–H groups in total. The second kappa shape index (κ2) is 19.0. The fourth-order valence-electron chi connectivity index (χ4n) is 6.34. The van der Waals surface area contributed by atoms with E-state index in [1.54, 1.807) is 0 Å². The summed E-state index contributed by atoms with van der Waals surface area (Å²) in [6.45, 7) is 0. The zero-order valence-electron chi connectivity index (χ0n) is 23.7. The fraction of sp³-hybridized carbons (Fsp3) is 0.933. The maximum atomic E-state index is 13.9. The van der Waals surface area contributed by atoms with Crippen LogP contribution in [0, 0.1) is 0 Å². The highest BCUT2D eigenvalue weighted by Gasteiger charge is 2.41. The lowest BCUT2D eigenvalue weighted by atomic mass is 9.91. The third kappa shape index (κ3) is 11.5. The number of hydrogen-bond donors (Lipinski definition) is 5. The Hall–Kier alpha value is -1.22. The van der Waals surface area contributed by atoms with E-state index in [1.807, 2.05) is 4.90 Å². The minimum Gasteiger partial charge on any atom is -0.387 e. The van der Waals surface area contributed by atoms with E-state index in [9.17, 15) is 30.0 Å². The molecule has 2 aliphatic rings. The predicted octanol–water partition coefficient (Wildman–Crippen LogP) is 4.09. The van der Waals surface area contributed by atoms with E-state index in [0.717, 1.165) is 77.0 Å². The Bertz CT molecular complexity index is 609. The van der Waals surface area contributed by atoms with Crippen molar-refractivity contribution in [1.82, 2.24) is 4.90 Å². The second-order valence-electron chi connectivity index (χ2n) is 11.8. The number of primary amides is 1. The summed E-state index contributed by atoms with van der Waals surface area (Å²) < 4.78 is 0. The molecule has 0 spiro atoms.